The first-order valence-corrected chi connectivity index (χ1v) is 18.1. The second-order valence-electron chi connectivity index (χ2n) is 9.30. The van der Waals surface area contributed by atoms with Crippen LogP contribution in [-0.2, 0) is 19.4 Å². The summed E-state index contributed by atoms with van der Waals surface area (Å²) in [5, 5.41) is 33.1. The molecule has 2 heterocycles. The highest BCUT2D eigenvalue weighted by Gasteiger charge is 2.26. The molecule has 2 aromatic heterocycles. The van der Waals surface area contributed by atoms with E-state index in [0.717, 1.165) is 17.4 Å². The summed E-state index contributed by atoms with van der Waals surface area (Å²) in [6.45, 7) is 1.08. The largest absolute Gasteiger partial charge is 0.480 e. The van der Waals surface area contributed by atoms with Crippen LogP contribution in [0.2, 0.25) is 5.02 Å². The molecule has 26 heteroatoms. The van der Waals surface area contributed by atoms with Crippen molar-refractivity contribution in [1.82, 2.24) is 25.0 Å². The summed E-state index contributed by atoms with van der Waals surface area (Å²) in [5.74, 6) is -1.68. The number of carbonyl (C=O) groups excluding carboxylic acids is 1. The Balaban J connectivity index is 0.000000294. The Bertz CT molecular complexity index is 2070. The average Bonchev–Trinajstić information content (AvgIpc) is 3.55. The van der Waals surface area contributed by atoms with Crippen LogP contribution >= 0.6 is 30.5 Å². The lowest BCUT2D eigenvalue weighted by Crippen LogP contribution is -2.35. The lowest BCUT2D eigenvalue weighted by Gasteiger charge is -2.08. The summed E-state index contributed by atoms with van der Waals surface area (Å²) in [6, 6.07) is 11.5. The van der Waals surface area contributed by atoms with Gasteiger partial charge >= 0.3 is 31.6 Å². The summed E-state index contributed by atoms with van der Waals surface area (Å²) in [7, 11) is -7.16. The van der Waals surface area contributed by atoms with Gasteiger partial charge < -0.3 is 35.2 Å². The highest BCUT2D eigenvalue weighted by molar-refractivity contribution is 7.90. The standard InChI is InChI=1S/C12H9ClN2O3.C11H11N5O6S2.C3H8NO5P/c13-11-10(18-8-4-2-1-3-5-8)7-6-9(12(11)14)15(16)17;1-5-12-9(15-11(13-5)22-2)14-10(19)16-24(20,21)6-3-4-23-7(6)8(17)18;5-3(6)1-4-2-10(7,8)9/h1-7H,14H2;3-4H,1-2H3,(H,17,18)(H2,12,13,14,15,16,19);4H,1-2H2,(H,5,6)(H2,7,8,9). The van der Waals surface area contributed by atoms with Gasteiger partial charge in [-0.15, -0.1) is 11.3 Å². The van der Waals surface area contributed by atoms with Crippen LogP contribution in [0, 0.1) is 17.0 Å². The predicted molar refractivity (Wildman–Crippen MR) is 183 cm³/mol. The zero-order chi connectivity index (χ0) is 39.2. The van der Waals surface area contributed by atoms with Gasteiger partial charge in [0.2, 0.25) is 5.95 Å². The van der Waals surface area contributed by atoms with Gasteiger partial charge in [0.1, 0.15) is 37.8 Å². The van der Waals surface area contributed by atoms with Gasteiger partial charge in [-0.05, 0) is 36.6 Å². The van der Waals surface area contributed by atoms with Crippen LogP contribution in [0.3, 0.4) is 0 Å². The molecule has 0 spiro atoms. The molecule has 2 amide bonds. The molecule has 4 rings (SSSR count). The molecule has 0 fully saturated rings. The quantitative estimate of drug-likeness (QED) is 0.0441. The number of nitrogens with zero attached hydrogens (tertiary/aromatic N) is 4. The number of ether oxygens (including phenoxy) is 2. The number of nitrogen functional groups attached to an aromatic ring is 1. The molecule has 52 heavy (non-hydrogen) atoms. The molecule has 0 saturated carbocycles. The molecule has 280 valence electrons. The first kappa shape index (κ1) is 42.7. The third-order valence-electron chi connectivity index (χ3n) is 5.36. The number of carboxylic acids is 2. The molecule has 0 aliphatic rings. The molecule has 0 bridgehead atoms. The molecule has 0 aliphatic heterocycles. The summed E-state index contributed by atoms with van der Waals surface area (Å²) in [6.07, 6.45) is -0.598. The number of halogens is 1. The number of carbonyl (C=O) groups is 3. The number of carboxylic acid groups (broad SMARTS) is 2. The lowest BCUT2D eigenvalue weighted by molar-refractivity contribution is -0.383. The maximum Gasteiger partial charge on any atom is 0.347 e. The van der Waals surface area contributed by atoms with Gasteiger partial charge in [0.15, 0.2) is 0 Å². The topological polar surface area (TPSA) is 346 Å². The molecule has 22 nitrogen and oxygen atoms in total. The maximum atomic E-state index is 12.1. The van der Waals surface area contributed by atoms with Gasteiger partial charge in [0.05, 0.1) is 24.9 Å². The van der Waals surface area contributed by atoms with Gasteiger partial charge in [-0.1, -0.05) is 29.8 Å². The van der Waals surface area contributed by atoms with E-state index in [2.05, 4.69) is 25.6 Å². The van der Waals surface area contributed by atoms with E-state index in [1.54, 1.807) is 29.0 Å². The van der Waals surface area contributed by atoms with E-state index in [9.17, 15) is 37.5 Å². The van der Waals surface area contributed by atoms with Crippen molar-refractivity contribution in [2.45, 2.75) is 11.8 Å². The molecule has 0 radical (unpaired) electrons. The highest BCUT2D eigenvalue weighted by atomic mass is 35.5. The summed E-state index contributed by atoms with van der Waals surface area (Å²) in [4.78, 5) is 69.5. The van der Waals surface area contributed by atoms with Gasteiger partial charge in [-0.3, -0.25) is 30.1 Å². The smallest absolute Gasteiger partial charge is 0.347 e. The number of amides is 2. The number of aromatic carboxylic acids is 1. The predicted octanol–water partition coefficient (Wildman–Crippen LogP) is 2.88. The summed E-state index contributed by atoms with van der Waals surface area (Å²) < 4.78 is 46.2. The zero-order valence-electron chi connectivity index (χ0n) is 26.5. The third kappa shape index (κ3) is 14.0. The van der Waals surface area contributed by atoms with Crippen molar-refractivity contribution in [2.75, 3.05) is 31.0 Å². The fraction of sp³-hybridized carbons (Fsp3) is 0.154. The first-order valence-electron chi connectivity index (χ1n) is 13.6. The van der Waals surface area contributed by atoms with Crippen molar-refractivity contribution in [2.24, 2.45) is 0 Å². The van der Waals surface area contributed by atoms with Crippen LogP contribution in [0.15, 0.2) is 58.8 Å². The number of nitrogens with two attached hydrogens (primary N) is 1. The number of nitro groups is 1. The number of nitrogens with one attached hydrogen (secondary N) is 3. The minimum Gasteiger partial charge on any atom is -0.480 e. The Labute approximate surface area is 302 Å². The van der Waals surface area contributed by atoms with Crippen molar-refractivity contribution in [3.63, 3.8) is 0 Å². The molecule has 4 aromatic rings. The lowest BCUT2D eigenvalue weighted by atomic mass is 10.2. The number of thiophene rings is 1. The number of aliphatic carboxylic acids is 1. The first-order chi connectivity index (χ1) is 24.2. The maximum absolute atomic E-state index is 12.1. The molecule has 0 atom stereocenters. The fourth-order valence-electron chi connectivity index (χ4n) is 3.30. The molecule has 0 saturated heterocycles. The third-order valence-corrected chi connectivity index (χ3v) is 8.79. The molecule has 0 aliphatic carbocycles. The average molecular weight is 807 g/mol. The van der Waals surface area contributed by atoms with Crippen LogP contribution in [0.5, 0.6) is 17.5 Å². The number of urea groups is 1. The van der Waals surface area contributed by atoms with Crippen molar-refractivity contribution in [1.29, 1.82) is 0 Å². The van der Waals surface area contributed by atoms with Crippen LogP contribution in [0.1, 0.15) is 15.5 Å². The number of hydrogen-bond acceptors (Lipinski definition) is 16. The number of para-hydroxylation sites is 1. The van der Waals surface area contributed by atoms with E-state index in [1.807, 2.05) is 6.07 Å². The van der Waals surface area contributed by atoms with Crippen LogP contribution in [-0.4, -0.2) is 86.2 Å². The van der Waals surface area contributed by atoms with E-state index in [4.69, 9.17) is 46.8 Å². The van der Waals surface area contributed by atoms with Gasteiger partial charge in [0.25, 0.3) is 15.7 Å². The molecular weight excluding hydrogens is 779 g/mol. The molecule has 9 N–H and O–H groups in total. The van der Waals surface area contributed by atoms with E-state index in [-0.39, 0.29) is 39.9 Å². The Morgan fingerprint density at radius 2 is 1.73 bits per heavy atom. The van der Waals surface area contributed by atoms with Gasteiger partial charge in [0, 0.05) is 6.07 Å². The number of methoxy groups -OCH3 is 1. The van der Waals surface area contributed by atoms with Crippen molar-refractivity contribution in [3.8, 4) is 17.5 Å². The fourth-order valence-corrected chi connectivity index (χ4v) is 6.07. The van der Waals surface area contributed by atoms with E-state index in [0.29, 0.717) is 5.75 Å². The molecule has 0 unspecified atom stereocenters. The Kier molecular flexibility index (Phi) is 15.8. The number of aromatic nitrogens is 3. The second kappa shape index (κ2) is 19.2. The molecular formula is C26H28ClN8O14PS2. The van der Waals surface area contributed by atoms with E-state index >= 15 is 0 Å². The van der Waals surface area contributed by atoms with Crippen LogP contribution in [0.25, 0.3) is 0 Å². The minimum atomic E-state index is -4.37. The number of aryl methyl sites for hydroxylation is 1. The van der Waals surface area contributed by atoms with E-state index < -0.39 is 63.1 Å². The monoisotopic (exact) mass is 806 g/mol. The Morgan fingerprint density at radius 3 is 2.29 bits per heavy atom. The van der Waals surface area contributed by atoms with Crippen molar-refractivity contribution >= 4 is 75.8 Å². The summed E-state index contributed by atoms with van der Waals surface area (Å²) in [5.41, 5.74) is 5.25. The van der Waals surface area contributed by atoms with Gasteiger partial charge in [-0.2, -0.15) is 15.0 Å². The van der Waals surface area contributed by atoms with Crippen molar-refractivity contribution in [3.05, 3.63) is 79.7 Å². The number of nitro benzene ring substituents is 1. The number of rotatable bonds is 12. The van der Waals surface area contributed by atoms with Crippen molar-refractivity contribution < 1.29 is 61.8 Å². The highest BCUT2D eigenvalue weighted by Crippen LogP contribution is 2.38. The van der Waals surface area contributed by atoms with E-state index in [1.165, 1.54) is 31.5 Å². The SMILES string of the molecule is COc1nc(C)nc(NC(=O)NS(=O)(=O)c2ccsc2C(=O)O)n1.Nc1c([N+](=O)[O-])ccc(Oc2ccccc2)c1Cl.O=C(O)CNCP(=O)(O)O. The Hall–Kier alpha value is -5.49. The number of hydrogen-bond donors (Lipinski definition) is 8. The Morgan fingerprint density at radius 1 is 1.08 bits per heavy atom. The van der Waals surface area contributed by atoms with Crippen LogP contribution in [0.4, 0.5) is 22.1 Å². The second-order valence-corrected chi connectivity index (χ2v) is 13.9. The number of anilines is 2. The normalized spacial score (nSPS) is 10.7. The minimum absolute atomic E-state index is 0.0352. The number of sulfonamides is 1. The zero-order valence-corrected chi connectivity index (χ0v) is 29.8. The number of benzene rings is 2. The summed E-state index contributed by atoms with van der Waals surface area (Å²) >= 11 is 6.66. The molecule has 2 aromatic carbocycles. The van der Waals surface area contributed by atoms with Gasteiger partial charge in [-0.25, -0.2) is 22.7 Å². The van der Waals surface area contributed by atoms with Crippen LogP contribution < -0.4 is 30.6 Å².